The van der Waals surface area contributed by atoms with Gasteiger partial charge in [0.25, 0.3) is 11.6 Å². The summed E-state index contributed by atoms with van der Waals surface area (Å²) in [7, 11) is -3.89. The van der Waals surface area contributed by atoms with E-state index in [1.54, 1.807) is 24.3 Å². The van der Waals surface area contributed by atoms with E-state index in [9.17, 15) is 23.3 Å². The first kappa shape index (κ1) is 29.8. The highest BCUT2D eigenvalue weighted by molar-refractivity contribution is 7.90. The topological polar surface area (TPSA) is 140 Å². The number of hydrogen-bond donors (Lipinski definition) is 3. The zero-order valence-electron chi connectivity index (χ0n) is 23.5. The number of fused-ring (bicyclic) bond motifs is 2. The molecule has 2 atom stereocenters. The molecular weight excluding hydrogens is 558 g/mol. The molecule has 2 unspecified atom stereocenters. The number of hydrogen-bond acceptors (Lipinski definition) is 8. The number of rotatable bonds is 11. The second-order valence-corrected chi connectivity index (χ2v) is 13.1. The lowest BCUT2D eigenvalue weighted by molar-refractivity contribution is -0.384. The fraction of sp³-hybridized carbons (Fsp3) is 0.367. The van der Waals surface area contributed by atoms with Gasteiger partial charge >= 0.3 is 10.0 Å². The van der Waals surface area contributed by atoms with Crippen molar-refractivity contribution in [1.29, 1.82) is 0 Å². The smallest absolute Gasteiger partial charge is 0.321 e. The van der Waals surface area contributed by atoms with Gasteiger partial charge in [0.05, 0.1) is 29.8 Å². The Labute approximate surface area is 245 Å². The molecule has 3 aromatic carbocycles. The highest BCUT2D eigenvalue weighted by Crippen LogP contribution is 2.50. The predicted molar refractivity (Wildman–Crippen MR) is 160 cm³/mol. The first-order chi connectivity index (χ1) is 20.1. The minimum atomic E-state index is -3.89. The number of quaternary nitrogens is 1. The molecule has 12 heteroatoms. The van der Waals surface area contributed by atoms with Gasteiger partial charge in [0.1, 0.15) is 12.6 Å². The van der Waals surface area contributed by atoms with Crippen LogP contribution in [-0.2, 0) is 38.1 Å². The van der Waals surface area contributed by atoms with Crippen LogP contribution in [0, 0.1) is 10.1 Å². The zero-order chi connectivity index (χ0) is 29.8. The van der Waals surface area contributed by atoms with Gasteiger partial charge in [-0.05, 0) is 37.1 Å². The summed E-state index contributed by atoms with van der Waals surface area (Å²) in [6.07, 6.45) is 2.66. The van der Waals surface area contributed by atoms with Crippen LogP contribution in [0.4, 0.5) is 11.4 Å². The van der Waals surface area contributed by atoms with Crippen LogP contribution >= 0.6 is 0 Å². The van der Waals surface area contributed by atoms with Gasteiger partial charge in [-0.15, -0.1) is 0 Å². The summed E-state index contributed by atoms with van der Waals surface area (Å²) in [6, 6.07) is 22.2. The fourth-order valence-electron chi connectivity index (χ4n) is 6.02. The number of carbonyl (C=O) groups excluding carboxylic acids is 1. The molecule has 42 heavy (non-hydrogen) atoms. The van der Waals surface area contributed by atoms with E-state index < -0.39 is 36.3 Å². The van der Waals surface area contributed by atoms with Crippen molar-refractivity contribution >= 4 is 27.3 Å². The molecule has 0 saturated carbocycles. The first-order valence-corrected chi connectivity index (χ1v) is 15.8. The largest absolute Gasteiger partial charge is 0.375 e. The standard InChI is InChI=1S/C30H35N5O6S/c1-42(39,40)35(22-30(14-16-31-17-15-30)26-12-5-6-13-28(26)35)33-29(36)27(21-41-20-23-8-3-2-4-9-23)32-19-24-10-7-11-25(18-24)34(37)38/h2-13,18,27,31-32H,14-17,19-22H2,1H3/p+1. The molecule has 5 rings (SSSR count). The molecule has 2 aliphatic rings. The number of non-ortho nitro benzene ring substituents is 1. The average Bonchev–Trinajstić information content (AvgIpc) is 3.25. The second kappa shape index (κ2) is 12.3. The van der Waals surface area contributed by atoms with Gasteiger partial charge in [0.15, 0.2) is 5.69 Å². The molecule has 0 aliphatic carbocycles. The van der Waals surface area contributed by atoms with E-state index in [-0.39, 0.29) is 32.0 Å². The molecule has 2 heterocycles. The van der Waals surface area contributed by atoms with Crippen molar-refractivity contribution in [3.63, 3.8) is 0 Å². The summed E-state index contributed by atoms with van der Waals surface area (Å²) in [5.41, 5.74) is 5.49. The number of nitro benzene ring substituents is 1. The molecular formula is C30H36N5O6S+. The van der Waals surface area contributed by atoms with Crippen molar-refractivity contribution in [2.24, 2.45) is 0 Å². The fourth-order valence-corrected chi connectivity index (χ4v) is 7.27. The number of piperidine rings is 1. The van der Waals surface area contributed by atoms with E-state index in [2.05, 4.69) is 16.1 Å². The molecule has 11 nitrogen and oxygen atoms in total. The number of nitro groups is 1. The van der Waals surface area contributed by atoms with Crippen molar-refractivity contribution in [2.45, 2.75) is 37.5 Å². The van der Waals surface area contributed by atoms with Gasteiger partial charge in [-0.2, -0.15) is 13.8 Å². The maximum Gasteiger partial charge on any atom is 0.321 e. The van der Waals surface area contributed by atoms with Gasteiger partial charge in [0.2, 0.25) is 0 Å². The molecule has 1 spiro atoms. The van der Waals surface area contributed by atoms with Crippen LogP contribution in [0.1, 0.15) is 29.5 Å². The van der Waals surface area contributed by atoms with Gasteiger partial charge in [-0.25, -0.2) is 0 Å². The molecule has 0 bridgehead atoms. The number of benzene rings is 3. The Morgan fingerprint density at radius 2 is 1.74 bits per heavy atom. The van der Waals surface area contributed by atoms with Crippen molar-refractivity contribution < 1.29 is 22.9 Å². The number of nitrogens with one attached hydrogen (secondary N) is 3. The Balaban J connectivity index is 1.42. The zero-order valence-corrected chi connectivity index (χ0v) is 24.3. The number of sulfonamides is 1. The quantitative estimate of drug-likeness (QED) is 0.175. The molecule has 1 fully saturated rings. The normalized spacial score (nSPS) is 20.1. The maximum absolute atomic E-state index is 14.0. The van der Waals surface area contributed by atoms with Gasteiger partial charge in [-0.3, -0.25) is 20.2 Å². The van der Waals surface area contributed by atoms with Crippen molar-refractivity contribution in [3.05, 3.63) is 106 Å². The molecule has 0 radical (unpaired) electrons. The van der Waals surface area contributed by atoms with Crippen LogP contribution in [0.15, 0.2) is 78.9 Å². The molecule has 222 valence electrons. The van der Waals surface area contributed by atoms with Gasteiger partial charge in [0, 0.05) is 30.3 Å². The van der Waals surface area contributed by atoms with Crippen molar-refractivity contribution in [3.8, 4) is 0 Å². The van der Waals surface area contributed by atoms with Crippen molar-refractivity contribution in [2.75, 3.05) is 32.5 Å². The Morgan fingerprint density at radius 1 is 1.05 bits per heavy atom. The second-order valence-electron chi connectivity index (χ2n) is 11.0. The Bertz CT molecular complexity index is 1540. The summed E-state index contributed by atoms with van der Waals surface area (Å²) in [6.45, 7) is 2.06. The van der Waals surface area contributed by atoms with Gasteiger partial charge < -0.3 is 10.1 Å². The van der Waals surface area contributed by atoms with E-state index in [4.69, 9.17) is 4.74 Å². The van der Waals surface area contributed by atoms with E-state index in [0.29, 0.717) is 11.3 Å². The SMILES string of the molecule is CS(=O)(=O)[N+]1(NC(=O)C(COCc2ccccc2)NCc2cccc([N+](=O)[O-])c2)CC2(CCNCC2)c2ccccc21. The Hall–Kier alpha value is -3.68. The highest BCUT2D eigenvalue weighted by atomic mass is 32.2. The Kier molecular flexibility index (Phi) is 8.71. The van der Waals surface area contributed by atoms with Gasteiger partial charge in [-0.1, -0.05) is 64.7 Å². The van der Waals surface area contributed by atoms with E-state index >= 15 is 0 Å². The number of ether oxygens (including phenoxy) is 1. The van der Waals surface area contributed by atoms with E-state index in [1.807, 2.05) is 42.5 Å². The number of nitrogens with zero attached hydrogens (tertiary/aromatic N) is 2. The van der Waals surface area contributed by atoms with Crippen LogP contribution < -0.4 is 20.1 Å². The molecule has 2 aliphatic heterocycles. The third-order valence-corrected chi connectivity index (χ3v) is 9.74. The highest BCUT2D eigenvalue weighted by Gasteiger charge is 2.60. The summed E-state index contributed by atoms with van der Waals surface area (Å²) in [4.78, 5) is 24.8. The minimum absolute atomic E-state index is 0.0455. The molecule has 3 aromatic rings. The lowest BCUT2D eigenvalue weighted by atomic mass is 9.75. The summed E-state index contributed by atoms with van der Waals surface area (Å²) in [5, 5.41) is 17.8. The minimum Gasteiger partial charge on any atom is -0.375 e. The van der Waals surface area contributed by atoms with Crippen molar-refractivity contribution in [1.82, 2.24) is 20.1 Å². The maximum atomic E-state index is 14.0. The molecule has 1 saturated heterocycles. The number of carbonyl (C=O) groups is 1. The van der Waals surface area contributed by atoms with Crippen LogP contribution in [-0.4, -0.2) is 57.8 Å². The summed E-state index contributed by atoms with van der Waals surface area (Å²) < 4.78 is 32.5. The monoisotopic (exact) mass is 594 g/mol. The van der Waals surface area contributed by atoms with Crippen LogP contribution in [0.3, 0.4) is 0 Å². The molecule has 0 aromatic heterocycles. The summed E-state index contributed by atoms with van der Waals surface area (Å²) >= 11 is 0. The van der Waals surface area contributed by atoms with Crippen LogP contribution in [0.2, 0.25) is 0 Å². The third-order valence-electron chi connectivity index (χ3n) is 8.19. The first-order valence-electron chi connectivity index (χ1n) is 13.9. The third kappa shape index (κ3) is 6.08. The van der Waals surface area contributed by atoms with E-state index in [1.165, 1.54) is 12.1 Å². The van der Waals surface area contributed by atoms with Crippen LogP contribution in [0.25, 0.3) is 0 Å². The number of amides is 1. The van der Waals surface area contributed by atoms with E-state index in [0.717, 1.165) is 43.3 Å². The molecule has 3 N–H and O–H groups in total. The van der Waals surface area contributed by atoms with Crippen LogP contribution in [0.5, 0.6) is 0 Å². The lowest BCUT2D eigenvalue weighted by Gasteiger charge is -2.36. The molecule has 1 amide bonds. The number of para-hydroxylation sites is 1. The average molecular weight is 595 g/mol. The predicted octanol–water partition coefficient (Wildman–Crippen LogP) is 2.90. The Morgan fingerprint density at radius 3 is 2.45 bits per heavy atom. The summed E-state index contributed by atoms with van der Waals surface area (Å²) in [5.74, 6) is -0.542. The lowest BCUT2D eigenvalue weighted by Crippen LogP contribution is -2.68.